The van der Waals surface area contributed by atoms with E-state index in [9.17, 15) is 0 Å². The maximum atomic E-state index is 5.37. The van der Waals surface area contributed by atoms with Crippen LogP contribution in [0.3, 0.4) is 0 Å². The summed E-state index contributed by atoms with van der Waals surface area (Å²) in [5.41, 5.74) is 0.964. The molecule has 2 aromatic rings. The van der Waals surface area contributed by atoms with Crippen LogP contribution in [-0.4, -0.2) is 41.7 Å². The quantitative estimate of drug-likeness (QED) is 0.776. The van der Waals surface area contributed by atoms with Crippen molar-refractivity contribution in [3.8, 4) is 11.5 Å². The molecule has 1 atom stereocenters. The van der Waals surface area contributed by atoms with Crippen LogP contribution in [0.15, 0.2) is 28.8 Å². The van der Waals surface area contributed by atoms with Gasteiger partial charge in [0.25, 0.3) is 5.89 Å². The summed E-state index contributed by atoms with van der Waals surface area (Å²) in [4.78, 5) is 6.77. The second-order valence-corrected chi connectivity index (χ2v) is 5.91. The lowest BCUT2D eigenvalue weighted by atomic mass is 10.2. The minimum atomic E-state index is 0. The molecule has 1 N–H and O–H groups in total. The van der Waals surface area contributed by atoms with E-state index in [0.717, 1.165) is 31.0 Å². The molecule has 1 aliphatic heterocycles. The predicted octanol–water partition coefficient (Wildman–Crippen LogP) is 2.34. The van der Waals surface area contributed by atoms with Crippen molar-refractivity contribution in [3.63, 3.8) is 0 Å². The van der Waals surface area contributed by atoms with Gasteiger partial charge in [-0.05, 0) is 53.9 Å². The number of benzene rings is 1. The fourth-order valence-electron chi connectivity index (χ4n) is 2.17. The highest BCUT2D eigenvalue weighted by molar-refractivity contribution is 14.1. The van der Waals surface area contributed by atoms with E-state index in [1.165, 1.54) is 3.57 Å². The van der Waals surface area contributed by atoms with Gasteiger partial charge in [-0.3, -0.25) is 4.90 Å². The van der Waals surface area contributed by atoms with E-state index in [2.05, 4.69) is 50.0 Å². The van der Waals surface area contributed by atoms with Crippen molar-refractivity contribution in [2.75, 3.05) is 26.7 Å². The smallest absolute Gasteiger partial charge is 0.257 e. The van der Waals surface area contributed by atoms with Crippen LogP contribution in [-0.2, 0) is 0 Å². The van der Waals surface area contributed by atoms with Gasteiger partial charge in [-0.25, -0.2) is 0 Å². The average Bonchev–Trinajstić information content (AvgIpc) is 2.89. The van der Waals surface area contributed by atoms with Crippen molar-refractivity contribution in [2.45, 2.75) is 6.04 Å². The molecule has 1 aliphatic rings. The molecule has 1 aromatic heterocycles. The molecular weight excluding hydrogens is 391 g/mol. The average molecular weight is 407 g/mol. The molecule has 2 heterocycles. The Morgan fingerprint density at radius 2 is 2.10 bits per heavy atom. The normalized spacial score (nSPS) is 19.6. The molecule has 0 spiro atoms. The van der Waals surface area contributed by atoms with Crippen molar-refractivity contribution in [1.82, 2.24) is 20.4 Å². The van der Waals surface area contributed by atoms with Gasteiger partial charge in [0.15, 0.2) is 5.82 Å². The Labute approximate surface area is 137 Å². The standard InChI is InChI=1S/C13H15IN4O.ClH/c1-18-7-6-15-8-11(18)12-16-13(19-17-12)9-2-4-10(14)5-3-9;/h2-5,11,15H,6-8H2,1H3;1H. The number of nitrogens with zero attached hydrogens (tertiary/aromatic N) is 3. The Bertz CT molecular complexity index is 560. The van der Waals surface area contributed by atoms with E-state index in [1.54, 1.807) is 0 Å². The number of nitrogens with one attached hydrogen (secondary N) is 1. The molecule has 0 amide bonds. The number of rotatable bonds is 2. The lowest BCUT2D eigenvalue weighted by Crippen LogP contribution is -2.44. The van der Waals surface area contributed by atoms with Crippen LogP contribution in [0.4, 0.5) is 0 Å². The molecule has 1 unspecified atom stereocenters. The van der Waals surface area contributed by atoms with Gasteiger partial charge >= 0.3 is 0 Å². The first-order valence-electron chi connectivity index (χ1n) is 6.24. The maximum Gasteiger partial charge on any atom is 0.257 e. The van der Waals surface area contributed by atoms with Gasteiger partial charge in [0.1, 0.15) is 0 Å². The number of hydrogen-bond donors (Lipinski definition) is 1. The van der Waals surface area contributed by atoms with Gasteiger partial charge in [-0.15, -0.1) is 12.4 Å². The largest absolute Gasteiger partial charge is 0.334 e. The first kappa shape index (κ1) is 15.7. The van der Waals surface area contributed by atoms with Gasteiger partial charge < -0.3 is 9.84 Å². The molecule has 3 rings (SSSR count). The van der Waals surface area contributed by atoms with Crippen LogP contribution in [0.25, 0.3) is 11.5 Å². The monoisotopic (exact) mass is 406 g/mol. The summed E-state index contributed by atoms with van der Waals surface area (Å²) < 4.78 is 6.57. The minimum absolute atomic E-state index is 0. The molecule has 0 saturated carbocycles. The van der Waals surface area contributed by atoms with Gasteiger partial charge in [-0.2, -0.15) is 4.98 Å². The summed E-state index contributed by atoms with van der Waals surface area (Å²) in [7, 11) is 2.09. The van der Waals surface area contributed by atoms with Crippen molar-refractivity contribution >= 4 is 35.0 Å². The summed E-state index contributed by atoms with van der Waals surface area (Å²) in [6.45, 7) is 2.87. The van der Waals surface area contributed by atoms with Crippen LogP contribution in [0, 0.1) is 3.57 Å². The van der Waals surface area contributed by atoms with Gasteiger partial charge in [0.05, 0.1) is 6.04 Å². The summed E-state index contributed by atoms with van der Waals surface area (Å²) >= 11 is 2.28. The highest BCUT2D eigenvalue weighted by Gasteiger charge is 2.25. The van der Waals surface area contributed by atoms with Crippen molar-refractivity contribution in [2.24, 2.45) is 0 Å². The molecular formula is C13H16ClIN4O. The topological polar surface area (TPSA) is 54.2 Å². The fraction of sp³-hybridized carbons (Fsp3) is 0.385. The summed E-state index contributed by atoms with van der Waals surface area (Å²) in [6.07, 6.45) is 0. The van der Waals surface area contributed by atoms with Crippen molar-refractivity contribution < 1.29 is 4.52 Å². The van der Waals surface area contributed by atoms with E-state index in [1.807, 2.05) is 24.3 Å². The molecule has 7 heteroatoms. The zero-order chi connectivity index (χ0) is 13.2. The first-order chi connectivity index (χ1) is 9.24. The third-order valence-corrected chi connectivity index (χ3v) is 4.06. The maximum absolute atomic E-state index is 5.37. The lowest BCUT2D eigenvalue weighted by Gasteiger charge is -2.30. The molecule has 0 aliphatic carbocycles. The lowest BCUT2D eigenvalue weighted by molar-refractivity contribution is 0.190. The second kappa shape index (κ2) is 6.84. The summed E-state index contributed by atoms with van der Waals surface area (Å²) in [5, 5.41) is 7.48. The molecule has 1 aromatic carbocycles. The van der Waals surface area contributed by atoms with Gasteiger partial charge in [0.2, 0.25) is 0 Å². The van der Waals surface area contributed by atoms with Crippen LogP contribution in [0.5, 0.6) is 0 Å². The Hall–Kier alpha value is -0.700. The predicted molar refractivity (Wildman–Crippen MR) is 87.9 cm³/mol. The van der Waals surface area contributed by atoms with Crippen LogP contribution < -0.4 is 5.32 Å². The number of likely N-dealkylation sites (N-methyl/N-ethyl adjacent to an activating group) is 1. The zero-order valence-electron chi connectivity index (χ0n) is 11.0. The minimum Gasteiger partial charge on any atom is -0.334 e. The molecule has 20 heavy (non-hydrogen) atoms. The summed E-state index contributed by atoms with van der Waals surface area (Å²) in [6, 6.07) is 8.27. The second-order valence-electron chi connectivity index (χ2n) is 4.67. The van der Waals surface area contributed by atoms with E-state index in [4.69, 9.17) is 4.52 Å². The Balaban J connectivity index is 0.00000147. The molecule has 5 nitrogen and oxygen atoms in total. The molecule has 108 valence electrons. The fourth-order valence-corrected chi connectivity index (χ4v) is 2.53. The number of aromatic nitrogens is 2. The molecule has 0 bridgehead atoms. The first-order valence-corrected chi connectivity index (χ1v) is 7.32. The van der Waals surface area contributed by atoms with Gasteiger partial charge in [0, 0.05) is 28.8 Å². The third kappa shape index (κ3) is 3.30. The Kier molecular flexibility index (Phi) is 5.36. The van der Waals surface area contributed by atoms with Crippen LogP contribution in [0.2, 0.25) is 0 Å². The van der Waals surface area contributed by atoms with E-state index in [-0.39, 0.29) is 18.4 Å². The van der Waals surface area contributed by atoms with Crippen molar-refractivity contribution in [1.29, 1.82) is 0 Å². The van der Waals surface area contributed by atoms with Gasteiger partial charge in [-0.1, -0.05) is 5.16 Å². The zero-order valence-corrected chi connectivity index (χ0v) is 14.0. The molecule has 0 radical (unpaired) electrons. The molecule has 1 fully saturated rings. The van der Waals surface area contributed by atoms with E-state index in [0.29, 0.717) is 5.89 Å². The van der Waals surface area contributed by atoms with Crippen LogP contribution >= 0.6 is 35.0 Å². The number of halogens is 2. The number of hydrogen-bond acceptors (Lipinski definition) is 5. The SMILES string of the molecule is CN1CCNCC1c1noc(-c2ccc(I)cc2)n1.Cl. The molecule has 1 saturated heterocycles. The highest BCUT2D eigenvalue weighted by Crippen LogP contribution is 2.23. The number of piperazine rings is 1. The van der Waals surface area contributed by atoms with E-state index >= 15 is 0 Å². The Morgan fingerprint density at radius 3 is 2.80 bits per heavy atom. The Morgan fingerprint density at radius 1 is 1.35 bits per heavy atom. The van der Waals surface area contributed by atoms with E-state index < -0.39 is 0 Å². The summed E-state index contributed by atoms with van der Waals surface area (Å²) in [5.74, 6) is 1.34. The van der Waals surface area contributed by atoms with Crippen LogP contribution in [0.1, 0.15) is 11.9 Å². The van der Waals surface area contributed by atoms with Crippen molar-refractivity contribution in [3.05, 3.63) is 33.7 Å². The highest BCUT2D eigenvalue weighted by atomic mass is 127. The third-order valence-electron chi connectivity index (χ3n) is 3.34.